The monoisotopic (exact) mass is 172 g/mol. The van der Waals surface area contributed by atoms with Gasteiger partial charge in [0.15, 0.2) is 0 Å². The van der Waals surface area contributed by atoms with Gasteiger partial charge in [-0.3, -0.25) is 0 Å². The standard InChI is InChI=1S/C7H8OS2/c1-3-5-8-7(9)10-6-4-2/h1,4H,2,5-6H2. The van der Waals surface area contributed by atoms with Crippen LogP contribution < -0.4 is 0 Å². The lowest BCUT2D eigenvalue weighted by molar-refractivity contribution is 0.378. The third kappa shape index (κ3) is 5.67. The van der Waals surface area contributed by atoms with Crippen molar-refractivity contribution < 1.29 is 4.74 Å². The maximum Gasteiger partial charge on any atom is 0.221 e. The Morgan fingerprint density at radius 2 is 2.60 bits per heavy atom. The van der Waals surface area contributed by atoms with Crippen LogP contribution in [0.1, 0.15) is 0 Å². The predicted molar refractivity (Wildman–Crippen MR) is 50.0 cm³/mol. The zero-order valence-corrected chi connectivity index (χ0v) is 7.13. The van der Waals surface area contributed by atoms with Crippen molar-refractivity contribution in [3.63, 3.8) is 0 Å². The van der Waals surface area contributed by atoms with Crippen LogP contribution in [0.15, 0.2) is 12.7 Å². The normalized spacial score (nSPS) is 7.90. The SMILES string of the molecule is C#CCOC(=S)SCC=C. The molecule has 0 aliphatic rings. The highest BCUT2D eigenvalue weighted by Crippen LogP contribution is 2.04. The molecule has 0 amide bonds. The fourth-order valence-corrected chi connectivity index (χ4v) is 0.928. The first-order chi connectivity index (χ1) is 4.81. The van der Waals surface area contributed by atoms with Gasteiger partial charge in [0, 0.05) is 5.75 Å². The van der Waals surface area contributed by atoms with Gasteiger partial charge < -0.3 is 4.74 Å². The lowest BCUT2D eigenvalue weighted by Gasteiger charge is -1.99. The first kappa shape index (κ1) is 9.54. The van der Waals surface area contributed by atoms with E-state index < -0.39 is 0 Å². The van der Waals surface area contributed by atoms with Gasteiger partial charge in [-0.05, 0) is 12.2 Å². The van der Waals surface area contributed by atoms with Crippen molar-refractivity contribution in [2.45, 2.75) is 0 Å². The van der Waals surface area contributed by atoms with Crippen molar-refractivity contribution in [2.75, 3.05) is 12.4 Å². The summed E-state index contributed by atoms with van der Waals surface area (Å²) in [5.41, 5.74) is 0. The summed E-state index contributed by atoms with van der Waals surface area (Å²) in [6, 6.07) is 0. The zero-order valence-electron chi connectivity index (χ0n) is 5.50. The Labute approximate surface area is 70.8 Å². The molecule has 0 aromatic rings. The second kappa shape index (κ2) is 6.66. The lowest BCUT2D eigenvalue weighted by atomic mass is 10.8. The number of hydrogen-bond acceptors (Lipinski definition) is 3. The Balaban J connectivity index is 3.27. The van der Waals surface area contributed by atoms with Crippen LogP contribution in [0, 0.1) is 12.3 Å². The van der Waals surface area contributed by atoms with E-state index in [0.29, 0.717) is 4.38 Å². The Hall–Kier alpha value is -0.460. The van der Waals surface area contributed by atoms with E-state index in [4.69, 9.17) is 23.4 Å². The molecule has 0 N–H and O–H groups in total. The second-order valence-corrected chi connectivity index (χ2v) is 2.96. The summed E-state index contributed by atoms with van der Waals surface area (Å²) in [5, 5.41) is 0. The first-order valence-electron chi connectivity index (χ1n) is 2.65. The minimum absolute atomic E-state index is 0.253. The average Bonchev–Trinajstić information content (AvgIpc) is 1.97. The number of ether oxygens (including phenoxy) is 1. The summed E-state index contributed by atoms with van der Waals surface area (Å²) in [6.45, 7) is 3.79. The third-order valence-electron chi connectivity index (χ3n) is 0.592. The number of hydrogen-bond donors (Lipinski definition) is 0. The van der Waals surface area contributed by atoms with Crippen LogP contribution in [0.2, 0.25) is 0 Å². The molecule has 0 rings (SSSR count). The van der Waals surface area contributed by atoms with Gasteiger partial charge in [-0.15, -0.1) is 13.0 Å². The molecule has 0 aromatic heterocycles. The van der Waals surface area contributed by atoms with Crippen LogP contribution >= 0.6 is 24.0 Å². The molecule has 0 saturated heterocycles. The largest absolute Gasteiger partial charge is 0.465 e. The maximum absolute atomic E-state index is 4.94. The van der Waals surface area contributed by atoms with Crippen molar-refractivity contribution in [3.05, 3.63) is 12.7 Å². The van der Waals surface area contributed by atoms with Crippen LogP contribution in [0.25, 0.3) is 0 Å². The molecule has 0 aliphatic carbocycles. The quantitative estimate of drug-likeness (QED) is 0.365. The number of rotatable bonds is 3. The van der Waals surface area contributed by atoms with Gasteiger partial charge in [-0.25, -0.2) is 0 Å². The van der Waals surface area contributed by atoms with Crippen LogP contribution in [-0.2, 0) is 4.74 Å². The molecule has 0 atom stereocenters. The van der Waals surface area contributed by atoms with E-state index in [2.05, 4.69) is 12.5 Å². The minimum atomic E-state index is 0.253. The molecule has 0 unspecified atom stereocenters. The smallest absolute Gasteiger partial charge is 0.221 e. The molecule has 0 aliphatic heterocycles. The van der Waals surface area contributed by atoms with E-state index in [1.165, 1.54) is 11.8 Å². The molecular weight excluding hydrogens is 164 g/mol. The van der Waals surface area contributed by atoms with Gasteiger partial charge in [-0.2, -0.15) is 0 Å². The van der Waals surface area contributed by atoms with E-state index in [0.717, 1.165) is 5.75 Å². The van der Waals surface area contributed by atoms with Gasteiger partial charge in [0.1, 0.15) is 6.61 Å². The molecular formula is C7H8OS2. The Morgan fingerprint density at radius 1 is 1.90 bits per heavy atom. The summed E-state index contributed by atoms with van der Waals surface area (Å²) in [5.74, 6) is 3.09. The molecule has 3 heteroatoms. The molecule has 0 fully saturated rings. The highest BCUT2D eigenvalue weighted by Gasteiger charge is 1.92. The number of thioether (sulfide) groups is 1. The van der Waals surface area contributed by atoms with Crippen molar-refractivity contribution in [3.8, 4) is 12.3 Å². The van der Waals surface area contributed by atoms with Gasteiger partial charge in [0.05, 0.1) is 0 Å². The summed E-state index contributed by atoms with van der Waals surface area (Å²) < 4.78 is 5.39. The summed E-state index contributed by atoms with van der Waals surface area (Å²) in [6.07, 6.45) is 6.70. The highest BCUT2D eigenvalue weighted by molar-refractivity contribution is 8.22. The van der Waals surface area contributed by atoms with Crippen molar-refractivity contribution >= 4 is 28.4 Å². The van der Waals surface area contributed by atoms with Crippen LogP contribution in [-0.4, -0.2) is 16.7 Å². The molecule has 54 valence electrons. The van der Waals surface area contributed by atoms with Gasteiger partial charge in [-0.1, -0.05) is 23.8 Å². The number of thiocarbonyl (C=S) groups is 1. The molecule has 0 radical (unpaired) electrons. The molecule has 0 heterocycles. The van der Waals surface area contributed by atoms with Crippen LogP contribution in [0.5, 0.6) is 0 Å². The summed E-state index contributed by atoms with van der Waals surface area (Å²) >= 11 is 6.19. The second-order valence-electron chi connectivity index (χ2n) is 1.34. The zero-order chi connectivity index (χ0) is 7.82. The fourth-order valence-electron chi connectivity index (χ4n) is 0.269. The van der Waals surface area contributed by atoms with Gasteiger partial charge in [0.2, 0.25) is 4.38 Å². The minimum Gasteiger partial charge on any atom is -0.465 e. The average molecular weight is 172 g/mol. The Kier molecular flexibility index (Phi) is 6.35. The summed E-state index contributed by atoms with van der Waals surface area (Å²) in [7, 11) is 0. The molecule has 0 spiro atoms. The summed E-state index contributed by atoms with van der Waals surface area (Å²) in [4.78, 5) is 0. The lowest BCUT2D eigenvalue weighted by Crippen LogP contribution is -1.96. The van der Waals surface area contributed by atoms with Crippen LogP contribution in [0.3, 0.4) is 0 Å². The molecule has 0 aromatic carbocycles. The predicted octanol–water partition coefficient (Wildman–Crippen LogP) is 1.84. The molecule has 10 heavy (non-hydrogen) atoms. The van der Waals surface area contributed by atoms with Gasteiger partial charge >= 0.3 is 0 Å². The van der Waals surface area contributed by atoms with Crippen molar-refractivity contribution in [1.82, 2.24) is 0 Å². The Bertz CT molecular complexity index is 157. The molecule has 0 bridgehead atoms. The third-order valence-corrected chi connectivity index (χ3v) is 1.82. The maximum atomic E-state index is 4.94. The number of terminal acetylenes is 1. The topological polar surface area (TPSA) is 9.23 Å². The molecule has 1 nitrogen and oxygen atoms in total. The molecule has 0 saturated carbocycles. The van der Waals surface area contributed by atoms with Crippen molar-refractivity contribution in [2.24, 2.45) is 0 Å². The van der Waals surface area contributed by atoms with E-state index in [1.54, 1.807) is 6.08 Å². The Morgan fingerprint density at radius 3 is 3.10 bits per heavy atom. The van der Waals surface area contributed by atoms with E-state index in [1.807, 2.05) is 0 Å². The van der Waals surface area contributed by atoms with Crippen LogP contribution in [0.4, 0.5) is 0 Å². The fraction of sp³-hybridized carbons (Fsp3) is 0.286. The highest BCUT2D eigenvalue weighted by atomic mass is 32.2. The van der Waals surface area contributed by atoms with E-state index in [9.17, 15) is 0 Å². The van der Waals surface area contributed by atoms with E-state index >= 15 is 0 Å². The van der Waals surface area contributed by atoms with Crippen molar-refractivity contribution in [1.29, 1.82) is 0 Å². The van der Waals surface area contributed by atoms with E-state index in [-0.39, 0.29) is 6.61 Å². The first-order valence-corrected chi connectivity index (χ1v) is 4.04. The van der Waals surface area contributed by atoms with Gasteiger partial charge in [0.25, 0.3) is 0 Å².